The number of aryl methyl sites for hydroxylation is 2. The van der Waals surface area contributed by atoms with Crippen LogP contribution in [0.4, 0.5) is 0 Å². The van der Waals surface area contributed by atoms with Gasteiger partial charge in [-0.1, -0.05) is 19.1 Å². The van der Waals surface area contributed by atoms with Gasteiger partial charge in [0, 0.05) is 31.0 Å². The van der Waals surface area contributed by atoms with Crippen LogP contribution in [0.15, 0.2) is 30.6 Å². The van der Waals surface area contributed by atoms with Crippen molar-refractivity contribution in [2.24, 2.45) is 5.73 Å². The van der Waals surface area contributed by atoms with Crippen molar-refractivity contribution in [1.82, 2.24) is 9.55 Å². The van der Waals surface area contributed by atoms with Crippen LogP contribution in [0.1, 0.15) is 30.3 Å². The van der Waals surface area contributed by atoms with Gasteiger partial charge in [-0.25, -0.2) is 4.98 Å². The van der Waals surface area contributed by atoms with Gasteiger partial charge in [-0.05, 0) is 30.5 Å². The van der Waals surface area contributed by atoms with E-state index in [0.29, 0.717) is 6.54 Å². The van der Waals surface area contributed by atoms with E-state index in [4.69, 9.17) is 5.73 Å². The first-order valence-electron chi connectivity index (χ1n) is 6.08. The number of hydrogen-bond acceptors (Lipinski definition) is 2. The predicted molar refractivity (Wildman–Crippen MR) is 70.2 cm³/mol. The van der Waals surface area contributed by atoms with Gasteiger partial charge in [0.1, 0.15) is 5.82 Å². The third-order valence-electron chi connectivity index (χ3n) is 2.96. The fourth-order valence-electron chi connectivity index (χ4n) is 2.00. The Balaban J connectivity index is 2.47. The number of benzene rings is 1. The Hall–Kier alpha value is -1.61. The number of nitrogens with zero attached hydrogens (tertiary/aromatic N) is 2. The maximum atomic E-state index is 5.69. The van der Waals surface area contributed by atoms with E-state index in [9.17, 15) is 0 Å². The molecule has 1 aromatic carbocycles. The average Bonchev–Trinajstić information content (AvgIpc) is 2.78. The van der Waals surface area contributed by atoms with E-state index in [-0.39, 0.29) is 0 Å². The predicted octanol–water partition coefficient (Wildman–Crippen LogP) is 2.59. The number of imidazole rings is 1. The zero-order valence-corrected chi connectivity index (χ0v) is 10.5. The molecule has 0 aliphatic heterocycles. The number of aromatic nitrogens is 2. The van der Waals surface area contributed by atoms with Crippen LogP contribution in [-0.4, -0.2) is 9.55 Å². The van der Waals surface area contributed by atoms with Crippen LogP contribution in [0.5, 0.6) is 0 Å². The van der Waals surface area contributed by atoms with Crippen LogP contribution in [0, 0.1) is 6.92 Å². The van der Waals surface area contributed by atoms with Crippen molar-refractivity contribution < 1.29 is 0 Å². The SMILES string of the molecule is CCCc1nccn1-c1cc(CN)ccc1C. The number of rotatable bonds is 4. The summed E-state index contributed by atoms with van der Waals surface area (Å²) in [6.07, 6.45) is 5.99. The van der Waals surface area contributed by atoms with Crippen molar-refractivity contribution >= 4 is 0 Å². The molecule has 0 fully saturated rings. The van der Waals surface area contributed by atoms with Gasteiger partial charge >= 0.3 is 0 Å². The van der Waals surface area contributed by atoms with Gasteiger partial charge in [-0.3, -0.25) is 0 Å². The molecule has 1 heterocycles. The van der Waals surface area contributed by atoms with E-state index in [1.54, 1.807) is 0 Å². The van der Waals surface area contributed by atoms with Crippen molar-refractivity contribution in [3.63, 3.8) is 0 Å². The van der Waals surface area contributed by atoms with Gasteiger partial charge in [0.2, 0.25) is 0 Å². The number of nitrogens with two attached hydrogens (primary N) is 1. The summed E-state index contributed by atoms with van der Waals surface area (Å²) in [5.74, 6) is 1.12. The molecular formula is C14H19N3. The van der Waals surface area contributed by atoms with Crippen molar-refractivity contribution in [1.29, 1.82) is 0 Å². The third-order valence-corrected chi connectivity index (χ3v) is 2.96. The van der Waals surface area contributed by atoms with Crippen molar-refractivity contribution in [2.45, 2.75) is 33.2 Å². The molecule has 2 aromatic rings. The van der Waals surface area contributed by atoms with E-state index in [0.717, 1.165) is 24.2 Å². The van der Waals surface area contributed by atoms with E-state index in [1.807, 2.05) is 12.4 Å². The average molecular weight is 229 g/mol. The zero-order valence-electron chi connectivity index (χ0n) is 10.5. The lowest BCUT2D eigenvalue weighted by Crippen LogP contribution is -2.04. The van der Waals surface area contributed by atoms with Crippen LogP contribution in [0.2, 0.25) is 0 Å². The fraction of sp³-hybridized carbons (Fsp3) is 0.357. The summed E-state index contributed by atoms with van der Waals surface area (Å²) >= 11 is 0. The lowest BCUT2D eigenvalue weighted by molar-refractivity contribution is 0.806. The monoisotopic (exact) mass is 229 g/mol. The highest BCUT2D eigenvalue weighted by Gasteiger charge is 2.07. The summed E-state index contributed by atoms with van der Waals surface area (Å²) in [5, 5.41) is 0. The van der Waals surface area contributed by atoms with Gasteiger partial charge in [0.15, 0.2) is 0 Å². The molecule has 0 amide bonds. The molecule has 0 saturated carbocycles. The maximum absolute atomic E-state index is 5.69. The molecule has 0 atom stereocenters. The summed E-state index contributed by atoms with van der Waals surface area (Å²) in [6, 6.07) is 6.35. The van der Waals surface area contributed by atoms with E-state index >= 15 is 0 Å². The lowest BCUT2D eigenvalue weighted by Gasteiger charge is -2.12. The van der Waals surface area contributed by atoms with Gasteiger partial charge in [-0.15, -0.1) is 0 Å². The quantitative estimate of drug-likeness (QED) is 0.875. The Morgan fingerprint density at radius 1 is 1.35 bits per heavy atom. The van der Waals surface area contributed by atoms with E-state index in [1.165, 1.54) is 11.3 Å². The highest BCUT2D eigenvalue weighted by Crippen LogP contribution is 2.18. The summed E-state index contributed by atoms with van der Waals surface area (Å²) in [7, 11) is 0. The summed E-state index contributed by atoms with van der Waals surface area (Å²) < 4.78 is 2.16. The minimum absolute atomic E-state index is 0.574. The first-order chi connectivity index (χ1) is 8.26. The first-order valence-corrected chi connectivity index (χ1v) is 6.08. The molecule has 0 spiro atoms. The Morgan fingerprint density at radius 3 is 2.88 bits per heavy atom. The second kappa shape index (κ2) is 5.15. The fourth-order valence-corrected chi connectivity index (χ4v) is 2.00. The highest BCUT2D eigenvalue weighted by atomic mass is 15.1. The third kappa shape index (κ3) is 2.39. The minimum atomic E-state index is 0.574. The maximum Gasteiger partial charge on any atom is 0.113 e. The smallest absolute Gasteiger partial charge is 0.113 e. The lowest BCUT2D eigenvalue weighted by atomic mass is 10.1. The summed E-state index contributed by atoms with van der Waals surface area (Å²) in [4.78, 5) is 4.41. The van der Waals surface area contributed by atoms with Crippen LogP contribution >= 0.6 is 0 Å². The molecule has 3 nitrogen and oxygen atoms in total. The van der Waals surface area contributed by atoms with E-state index < -0.39 is 0 Å². The summed E-state index contributed by atoms with van der Waals surface area (Å²) in [6.45, 7) is 4.86. The molecular weight excluding hydrogens is 210 g/mol. The van der Waals surface area contributed by atoms with Crippen LogP contribution in [0.3, 0.4) is 0 Å². The molecule has 0 unspecified atom stereocenters. The molecule has 0 radical (unpaired) electrons. The Morgan fingerprint density at radius 2 is 2.18 bits per heavy atom. The van der Waals surface area contributed by atoms with Gasteiger partial charge in [0.05, 0.1) is 0 Å². The second-order valence-electron chi connectivity index (χ2n) is 4.29. The molecule has 0 aliphatic rings. The second-order valence-corrected chi connectivity index (χ2v) is 4.29. The Bertz CT molecular complexity index is 500. The van der Waals surface area contributed by atoms with Crippen molar-refractivity contribution in [3.05, 3.63) is 47.5 Å². The van der Waals surface area contributed by atoms with E-state index in [2.05, 4.69) is 41.6 Å². The standard InChI is InChI=1S/C14H19N3/c1-3-4-14-16-7-8-17(14)13-9-12(10-15)6-5-11(13)2/h5-9H,3-4,10,15H2,1-2H3. The molecule has 90 valence electrons. The van der Waals surface area contributed by atoms with Gasteiger partial charge in [-0.2, -0.15) is 0 Å². The van der Waals surface area contributed by atoms with Crippen molar-refractivity contribution in [3.8, 4) is 5.69 Å². The minimum Gasteiger partial charge on any atom is -0.326 e. The van der Waals surface area contributed by atoms with Gasteiger partial charge < -0.3 is 10.3 Å². The van der Waals surface area contributed by atoms with Crippen LogP contribution in [0.25, 0.3) is 5.69 Å². The molecule has 0 bridgehead atoms. The molecule has 0 saturated heterocycles. The largest absolute Gasteiger partial charge is 0.326 e. The molecule has 3 heteroatoms. The number of hydrogen-bond donors (Lipinski definition) is 1. The Kier molecular flexibility index (Phi) is 3.59. The normalized spacial score (nSPS) is 10.8. The highest BCUT2D eigenvalue weighted by molar-refractivity contribution is 5.44. The van der Waals surface area contributed by atoms with Crippen molar-refractivity contribution in [2.75, 3.05) is 0 Å². The molecule has 0 aliphatic carbocycles. The van der Waals surface area contributed by atoms with Crippen LogP contribution < -0.4 is 5.73 Å². The topological polar surface area (TPSA) is 43.8 Å². The first kappa shape index (κ1) is 11.9. The molecule has 1 aromatic heterocycles. The Labute approximate surface area is 102 Å². The van der Waals surface area contributed by atoms with Gasteiger partial charge in [0.25, 0.3) is 0 Å². The zero-order chi connectivity index (χ0) is 12.3. The molecule has 17 heavy (non-hydrogen) atoms. The molecule has 2 rings (SSSR count). The molecule has 2 N–H and O–H groups in total. The summed E-state index contributed by atoms with van der Waals surface area (Å²) in [5.41, 5.74) is 9.28. The van der Waals surface area contributed by atoms with Crippen LogP contribution in [-0.2, 0) is 13.0 Å².